The normalized spacial score (nSPS) is 18.2. The lowest BCUT2D eigenvalue weighted by atomic mass is 9.62. The fourth-order valence-corrected chi connectivity index (χ4v) is 3.98. The van der Waals surface area contributed by atoms with Gasteiger partial charge in [-0.3, -0.25) is 0 Å². The van der Waals surface area contributed by atoms with Crippen LogP contribution in [0.5, 0.6) is 0 Å². The van der Waals surface area contributed by atoms with Gasteiger partial charge >= 0.3 is 0 Å². The molecule has 142 valence electrons. The van der Waals surface area contributed by atoms with Crippen molar-refractivity contribution in [1.82, 2.24) is 0 Å². The topological polar surface area (TPSA) is 0 Å². The smallest absolute Gasteiger partial charge is 0.0100 e. The molecule has 1 aromatic rings. The summed E-state index contributed by atoms with van der Waals surface area (Å²) in [5.41, 5.74) is 10.4. The zero-order valence-corrected chi connectivity index (χ0v) is 18.3. The summed E-state index contributed by atoms with van der Waals surface area (Å²) in [7, 11) is 0. The van der Waals surface area contributed by atoms with E-state index in [1.54, 1.807) is 5.56 Å². The molecule has 0 aliphatic heterocycles. The molecule has 1 aliphatic rings. The number of benzene rings is 1. The van der Waals surface area contributed by atoms with Gasteiger partial charge in [0.15, 0.2) is 0 Å². The second-order valence-corrected chi connectivity index (χ2v) is 9.84. The van der Waals surface area contributed by atoms with E-state index < -0.39 is 0 Å². The third-order valence-electron chi connectivity index (χ3n) is 6.10. The molecule has 0 aromatic heterocycles. The lowest BCUT2D eigenvalue weighted by Gasteiger charge is -2.42. The van der Waals surface area contributed by atoms with Crippen LogP contribution < -0.4 is 0 Å². The van der Waals surface area contributed by atoms with Gasteiger partial charge in [0.05, 0.1) is 0 Å². The zero-order chi connectivity index (χ0) is 19.7. The Kier molecular flexibility index (Phi) is 6.06. The number of allylic oxidation sites excluding steroid dienone is 5. The van der Waals surface area contributed by atoms with E-state index in [-0.39, 0.29) is 10.8 Å². The lowest BCUT2D eigenvalue weighted by molar-refractivity contribution is 0.331. The van der Waals surface area contributed by atoms with Crippen LogP contribution in [0.25, 0.3) is 5.57 Å². The van der Waals surface area contributed by atoms with E-state index in [0.29, 0.717) is 0 Å². The number of hydrogen-bond acceptors (Lipinski definition) is 0. The Morgan fingerprint density at radius 1 is 0.923 bits per heavy atom. The van der Waals surface area contributed by atoms with Crippen LogP contribution >= 0.6 is 0 Å². The third-order valence-corrected chi connectivity index (χ3v) is 6.10. The van der Waals surface area contributed by atoms with Crippen LogP contribution in [0.1, 0.15) is 96.4 Å². The van der Waals surface area contributed by atoms with Gasteiger partial charge in [-0.2, -0.15) is 0 Å². The summed E-state index contributed by atoms with van der Waals surface area (Å²) in [6.07, 6.45) is 9.07. The van der Waals surface area contributed by atoms with Crippen molar-refractivity contribution in [1.29, 1.82) is 0 Å². The van der Waals surface area contributed by atoms with Gasteiger partial charge in [-0.15, -0.1) is 0 Å². The highest BCUT2D eigenvalue weighted by molar-refractivity contribution is 5.69. The zero-order valence-electron chi connectivity index (χ0n) is 18.3. The van der Waals surface area contributed by atoms with E-state index >= 15 is 0 Å². The first-order chi connectivity index (χ1) is 11.9. The van der Waals surface area contributed by atoms with Crippen LogP contribution in [0, 0.1) is 6.92 Å². The first-order valence-electron chi connectivity index (χ1n) is 10.1. The Morgan fingerprint density at radius 2 is 1.46 bits per heavy atom. The Bertz CT molecular complexity index is 746. The molecule has 0 radical (unpaired) electrons. The minimum Gasteiger partial charge on any atom is -0.0952 e. The molecule has 0 bridgehead atoms. The molecular formula is C26H38. The average Bonchev–Trinajstić information content (AvgIpc) is 2.54. The summed E-state index contributed by atoms with van der Waals surface area (Å²) in [4.78, 5) is 0. The number of rotatable bonds is 5. The predicted octanol–water partition coefficient (Wildman–Crippen LogP) is 8.05. The first-order valence-corrected chi connectivity index (χ1v) is 10.1. The molecule has 0 atom stereocenters. The van der Waals surface area contributed by atoms with Crippen molar-refractivity contribution >= 4 is 5.57 Å². The fourth-order valence-electron chi connectivity index (χ4n) is 3.98. The molecule has 0 nitrogen and oxygen atoms in total. The van der Waals surface area contributed by atoms with E-state index in [4.69, 9.17) is 0 Å². The molecule has 0 unspecified atom stereocenters. The van der Waals surface area contributed by atoms with Crippen LogP contribution in [-0.2, 0) is 10.8 Å². The van der Waals surface area contributed by atoms with Gasteiger partial charge in [0.25, 0.3) is 0 Å². The van der Waals surface area contributed by atoms with Gasteiger partial charge in [0.2, 0.25) is 0 Å². The van der Waals surface area contributed by atoms with E-state index in [0.717, 1.165) is 12.8 Å². The fraction of sp³-hybridized carbons (Fsp3) is 0.538. The molecule has 0 heterocycles. The maximum Gasteiger partial charge on any atom is -0.0100 e. The molecule has 0 spiro atoms. The van der Waals surface area contributed by atoms with Gasteiger partial charge in [0, 0.05) is 0 Å². The molecule has 26 heavy (non-hydrogen) atoms. The molecule has 0 saturated carbocycles. The predicted molar refractivity (Wildman–Crippen MR) is 118 cm³/mol. The first kappa shape index (κ1) is 20.7. The number of hydrogen-bond donors (Lipinski definition) is 0. The molecule has 2 rings (SSSR count). The van der Waals surface area contributed by atoms with Crippen LogP contribution in [0.4, 0.5) is 0 Å². The lowest BCUT2D eigenvalue weighted by Crippen LogP contribution is -2.34. The second kappa shape index (κ2) is 7.59. The summed E-state index contributed by atoms with van der Waals surface area (Å²) in [5.74, 6) is 0. The van der Waals surface area contributed by atoms with Gasteiger partial charge < -0.3 is 0 Å². The molecular weight excluding hydrogens is 312 g/mol. The van der Waals surface area contributed by atoms with Crippen LogP contribution in [0.2, 0.25) is 0 Å². The molecule has 0 N–H and O–H groups in total. The summed E-state index contributed by atoms with van der Waals surface area (Å²) < 4.78 is 0. The van der Waals surface area contributed by atoms with Gasteiger partial charge in [-0.25, -0.2) is 0 Å². The quantitative estimate of drug-likeness (QED) is 0.471. The molecule has 0 heteroatoms. The highest BCUT2D eigenvalue weighted by Crippen LogP contribution is 2.47. The highest BCUT2D eigenvalue weighted by atomic mass is 14.4. The minimum absolute atomic E-state index is 0.257. The summed E-state index contributed by atoms with van der Waals surface area (Å²) in [5, 5.41) is 0. The van der Waals surface area contributed by atoms with Crippen LogP contribution in [0.15, 0.2) is 42.0 Å². The molecule has 0 amide bonds. The van der Waals surface area contributed by atoms with Crippen LogP contribution in [-0.4, -0.2) is 0 Å². The largest absolute Gasteiger partial charge is 0.0952 e. The van der Waals surface area contributed by atoms with E-state index in [9.17, 15) is 0 Å². The second-order valence-electron chi connectivity index (χ2n) is 9.84. The van der Waals surface area contributed by atoms with Crippen molar-refractivity contribution in [2.45, 2.75) is 91.9 Å². The Balaban J connectivity index is 2.30. The Labute approximate surface area is 162 Å². The number of fused-ring (bicyclic) bond motifs is 1. The van der Waals surface area contributed by atoms with Gasteiger partial charge in [-0.05, 0) is 92.0 Å². The highest BCUT2D eigenvalue weighted by Gasteiger charge is 2.37. The van der Waals surface area contributed by atoms with Crippen LogP contribution in [0.3, 0.4) is 0 Å². The Morgan fingerprint density at radius 3 is 2.00 bits per heavy atom. The minimum atomic E-state index is 0.257. The van der Waals surface area contributed by atoms with Gasteiger partial charge in [-0.1, -0.05) is 69.7 Å². The molecule has 0 fully saturated rings. The summed E-state index contributed by atoms with van der Waals surface area (Å²) in [6, 6.07) is 4.91. The Hall–Kier alpha value is -1.56. The van der Waals surface area contributed by atoms with Crippen molar-refractivity contribution in [3.63, 3.8) is 0 Å². The van der Waals surface area contributed by atoms with Crippen molar-refractivity contribution in [2.75, 3.05) is 0 Å². The van der Waals surface area contributed by atoms with Crippen molar-refractivity contribution < 1.29 is 0 Å². The average molecular weight is 351 g/mol. The molecule has 1 aromatic carbocycles. The van der Waals surface area contributed by atoms with E-state index in [1.165, 1.54) is 46.3 Å². The van der Waals surface area contributed by atoms with E-state index in [1.807, 2.05) is 0 Å². The van der Waals surface area contributed by atoms with Crippen molar-refractivity contribution in [3.05, 3.63) is 64.3 Å². The van der Waals surface area contributed by atoms with Crippen molar-refractivity contribution in [3.8, 4) is 0 Å². The summed E-state index contributed by atoms with van der Waals surface area (Å²) in [6.45, 7) is 22.8. The van der Waals surface area contributed by atoms with Crippen molar-refractivity contribution in [2.24, 2.45) is 0 Å². The standard InChI is InChI=1S/C26H38/c1-18(2)10-11-19(3)12-13-20(4)22-17-24-23(16-21(22)5)25(6,7)14-15-26(24,8)9/h10-11,16-17H,4,12-15H2,1-3,5-9H3/b19-11+. The maximum atomic E-state index is 4.44. The van der Waals surface area contributed by atoms with Gasteiger partial charge in [0.1, 0.15) is 0 Å². The maximum absolute atomic E-state index is 4.44. The monoisotopic (exact) mass is 350 g/mol. The third kappa shape index (κ3) is 4.58. The SMILES string of the molecule is C=C(CC/C(C)=C/C=C(C)C)c1cc2c(cc1C)C(C)(C)CCC2(C)C. The summed E-state index contributed by atoms with van der Waals surface area (Å²) >= 11 is 0. The number of aryl methyl sites for hydroxylation is 1. The molecule has 1 aliphatic carbocycles. The molecule has 0 saturated heterocycles. The van der Waals surface area contributed by atoms with E-state index in [2.05, 4.69) is 86.3 Å².